The van der Waals surface area contributed by atoms with Gasteiger partial charge in [-0.05, 0) is 70.1 Å². The lowest BCUT2D eigenvalue weighted by Crippen LogP contribution is -2.48. The maximum absolute atomic E-state index is 14.1. The number of nitrogens with one attached hydrogen (secondary N) is 2. The minimum Gasteiger partial charge on any atom is -0.455 e. The van der Waals surface area contributed by atoms with Crippen molar-refractivity contribution in [1.29, 1.82) is 0 Å². The highest BCUT2D eigenvalue weighted by Crippen LogP contribution is 2.32. The largest absolute Gasteiger partial charge is 0.455 e. The Morgan fingerprint density at radius 1 is 1.04 bits per heavy atom. The summed E-state index contributed by atoms with van der Waals surface area (Å²) in [7, 11) is 3.78. The van der Waals surface area contributed by atoms with E-state index in [2.05, 4.69) is 46.5 Å². The van der Waals surface area contributed by atoms with Crippen LogP contribution in [0.25, 0.3) is 0 Å². The Hall–Kier alpha value is -3.15. The topological polar surface area (TPSA) is 121 Å². The summed E-state index contributed by atoms with van der Waals surface area (Å²) in [6, 6.07) is 9.75. The molecule has 11 heteroatoms. The number of rotatable bonds is 19. The predicted molar refractivity (Wildman–Crippen MR) is 200 cm³/mol. The summed E-state index contributed by atoms with van der Waals surface area (Å²) in [6.07, 6.45) is 4.16. The summed E-state index contributed by atoms with van der Waals surface area (Å²) < 4.78 is 5.81. The number of hydrogen-bond donors (Lipinski definition) is 2. The number of piperidine rings is 1. The quantitative estimate of drug-likeness (QED) is 0.169. The number of nitrogens with zero attached hydrogens (tertiary/aromatic N) is 3. The maximum atomic E-state index is 14.1. The third-order valence-electron chi connectivity index (χ3n) is 9.94. The van der Waals surface area contributed by atoms with Crippen molar-refractivity contribution < 1.29 is 23.9 Å². The Bertz CT molecular complexity index is 1380. The van der Waals surface area contributed by atoms with Crippen molar-refractivity contribution in [2.45, 2.75) is 124 Å². The maximum Gasteiger partial charge on any atom is 0.303 e. The Balaban J connectivity index is 1.78. The average Bonchev–Trinajstić information content (AvgIpc) is 3.56. The molecule has 2 heterocycles. The molecule has 1 aromatic heterocycles. The molecule has 1 aromatic carbocycles. The molecule has 0 saturated carbocycles. The first-order chi connectivity index (χ1) is 23.7. The number of Topliss-reactive ketones (excluding diaryl/α,β-unsaturated/α-hetero) is 1. The number of ether oxygens (including phenoxy) is 1. The number of ketones is 1. The number of carbonyl (C=O) groups is 4. The summed E-state index contributed by atoms with van der Waals surface area (Å²) in [5.41, 5.74) is 1.41. The van der Waals surface area contributed by atoms with Crippen LogP contribution in [0, 0.1) is 17.8 Å². The molecule has 6 atom stereocenters. The second-order valence-corrected chi connectivity index (χ2v) is 15.6. The number of esters is 1. The SMILES string of the molecule is CCN[C@H](C)C[C@H](Cc1ccccc1)NC(=O)c1csc([C@@H](C[C@H](C(C)C)N(C)C(=O)[C@@H](CC(=O)[C@H]2CCCCN2C)C(C)C)OC(C)=O)n1. The molecular formula is C39H61N5O5S. The van der Waals surface area contributed by atoms with E-state index in [1.54, 1.807) is 17.3 Å². The first-order valence-electron chi connectivity index (χ1n) is 18.4. The zero-order valence-electron chi connectivity index (χ0n) is 31.7. The lowest BCUT2D eigenvalue weighted by molar-refractivity contribution is -0.149. The number of amides is 2. The lowest BCUT2D eigenvalue weighted by atomic mass is 9.84. The van der Waals surface area contributed by atoms with E-state index in [9.17, 15) is 19.2 Å². The second-order valence-electron chi connectivity index (χ2n) is 14.7. The zero-order chi connectivity index (χ0) is 37.0. The van der Waals surface area contributed by atoms with E-state index in [1.165, 1.54) is 18.3 Å². The third-order valence-corrected chi connectivity index (χ3v) is 10.9. The lowest BCUT2D eigenvalue weighted by Gasteiger charge is -2.37. The Kier molecular flexibility index (Phi) is 16.5. The van der Waals surface area contributed by atoms with Crippen molar-refractivity contribution >= 4 is 34.9 Å². The van der Waals surface area contributed by atoms with E-state index in [-0.39, 0.29) is 65.7 Å². The van der Waals surface area contributed by atoms with E-state index < -0.39 is 18.0 Å². The van der Waals surface area contributed by atoms with Crippen LogP contribution < -0.4 is 10.6 Å². The van der Waals surface area contributed by atoms with Crippen molar-refractivity contribution in [3.8, 4) is 0 Å². The number of likely N-dealkylation sites (tertiary alicyclic amines) is 1. The number of hydrogen-bond acceptors (Lipinski definition) is 9. The van der Waals surface area contributed by atoms with E-state index in [0.29, 0.717) is 17.8 Å². The highest BCUT2D eigenvalue weighted by atomic mass is 32.1. The molecule has 278 valence electrons. The normalized spacial score (nSPS) is 18.3. The van der Waals surface area contributed by atoms with Crippen molar-refractivity contribution in [2.24, 2.45) is 17.8 Å². The number of thiazole rings is 1. The third kappa shape index (κ3) is 12.3. The van der Waals surface area contributed by atoms with Crippen LogP contribution in [0.5, 0.6) is 0 Å². The zero-order valence-corrected chi connectivity index (χ0v) is 32.6. The van der Waals surface area contributed by atoms with Gasteiger partial charge in [0.15, 0.2) is 11.9 Å². The molecule has 0 spiro atoms. The molecule has 2 N–H and O–H groups in total. The van der Waals surface area contributed by atoms with Gasteiger partial charge < -0.3 is 20.3 Å². The molecular weight excluding hydrogens is 651 g/mol. The van der Waals surface area contributed by atoms with E-state index in [1.807, 2.05) is 52.9 Å². The summed E-state index contributed by atoms with van der Waals surface area (Å²) in [5.74, 6) is -1.15. The molecule has 2 aromatic rings. The molecule has 0 unspecified atom stereocenters. The molecule has 10 nitrogen and oxygen atoms in total. The molecule has 2 amide bonds. The highest BCUT2D eigenvalue weighted by Gasteiger charge is 2.37. The van der Waals surface area contributed by atoms with Gasteiger partial charge in [0.05, 0.1) is 6.04 Å². The van der Waals surface area contributed by atoms with Gasteiger partial charge in [0.2, 0.25) is 5.91 Å². The van der Waals surface area contributed by atoms with Gasteiger partial charge in [-0.25, -0.2) is 4.98 Å². The molecule has 0 aliphatic carbocycles. The molecule has 50 heavy (non-hydrogen) atoms. The Morgan fingerprint density at radius 3 is 2.34 bits per heavy atom. The predicted octanol–water partition coefficient (Wildman–Crippen LogP) is 6.07. The number of carbonyl (C=O) groups excluding carboxylic acids is 4. The summed E-state index contributed by atoms with van der Waals surface area (Å²) in [6.45, 7) is 15.3. The number of likely N-dealkylation sites (N-methyl/N-ethyl adjacent to an activating group) is 1. The average molecular weight is 712 g/mol. The summed E-state index contributed by atoms with van der Waals surface area (Å²) in [4.78, 5) is 62.0. The van der Waals surface area contributed by atoms with Gasteiger partial charge in [-0.15, -0.1) is 11.3 Å². The first kappa shape index (κ1) is 41.3. The fourth-order valence-electron chi connectivity index (χ4n) is 7.11. The van der Waals surface area contributed by atoms with Gasteiger partial charge in [0.1, 0.15) is 10.7 Å². The minimum atomic E-state index is -0.745. The minimum absolute atomic E-state index is 0.0219. The molecule has 1 aliphatic rings. The van der Waals surface area contributed by atoms with Crippen LogP contribution in [0.3, 0.4) is 0 Å². The van der Waals surface area contributed by atoms with Crippen LogP contribution in [-0.4, -0.2) is 89.7 Å². The Labute approximate surface area is 304 Å². The highest BCUT2D eigenvalue weighted by molar-refractivity contribution is 7.09. The monoisotopic (exact) mass is 711 g/mol. The summed E-state index contributed by atoms with van der Waals surface area (Å²) >= 11 is 1.28. The van der Waals surface area contributed by atoms with Gasteiger partial charge in [0, 0.05) is 56.2 Å². The molecule has 1 fully saturated rings. The van der Waals surface area contributed by atoms with Crippen molar-refractivity contribution in [1.82, 2.24) is 25.4 Å². The second kappa shape index (κ2) is 20.0. The van der Waals surface area contributed by atoms with Crippen LogP contribution >= 0.6 is 11.3 Å². The smallest absolute Gasteiger partial charge is 0.303 e. The van der Waals surface area contributed by atoms with Crippen LogP contribution in [0.2, 0.25) is 0 Å². The fraction of sp³-hybridized carbons (Fsp3) is 0.667. The fourth-order valence-corrected chi connectivity index (χ4v) is 7.95. The molecule has 1 aliphatic heterocycles. The van der Waals surface area contributed by atoms with Crippen molar-refractivity contribution in [3.63, 3.8) is 0 Å². The van der Waals surface area contributed by atoms with E-state index >= 15 is 0 Å². The van der Waals surface area contributed by atoms with Gasteiger partial charge in [-0.3, -0.25) is 24.1 Å². The van der Waals surface area contributed by atoms with Gasteiger partial charge >= 0.3 is 5.97 Å². The van der Waals surface area contributed by atoms with E-state index in [4.69, 9.17) is 4.74 Å². The molecule has 1 saturated heterocycles. The van der Waals surface area contributed by atoms with Crippen molar-refractivity contribution in [2.75, 3.05) is 27.2 Å². The molecule has 0 bridgehead atoms. The molecule has 0 radical (unpaired) electrons. The standard InChI is InChI=1S/C39H61N5O5S/c1-10-40-27(6)20-30(21-29-16-12-11-13-17-29)41-37(47)32-24-50-38(42-32)36(49-28(7)45)23-34(26(4)5)44(9)39(48)31(25(2)3)22-35(46)33-18-14-15-19-43(33)8/h11-13,16-17,24-27,30-31,33-34,36,40H,10,14-15,18-23H2,1-9H3,(H,41,47)/t27-,30-,31+,33-,34-,36-/m1/s1. The number of benzene rings is 1. The van der Waals surface area contributed by atoms with Gasteiger partial charge in [0.25, 0.3) is 5.91 Å². The molecule has 3 rings (SSSR count). The van der Waals surface area contributed by atoms with E-state index in [0.717, 1.165) is 44.3 Å². The van der Waals surface area contributed by atoms with Crippen LogP contribution in [0.4, 0.5) is 0 Å². The van der Waals surface area contributed by atoms with Gasteiger partial charge in [-0.1, -0.05) is 71.4 Å². The van der Waals surface area contributed by atoms with Crippen LogP contribution in [0.15, 0.2) is 35.7 Å². The Morgan fingerprint density at radius 2 is 1.74 bits per heavy atom. The summed E-state index contributed by atoms with van der Waals surface area (Å²) in [5, 5.41) is 8.84. The van der Waals surface area contributed by atoms with Crippen LogP contribution in [-0.2, 0) is 25.5 Å². The van der Waals surface area contributed by atoms with Gasteiger partial charge in [-0.2, -0.15) is 0 Å². The van der Waals surface area contributed by atoms with Crippen LogP contribution in [0.1, 0.15) is 114 Å². The first-order valence-corrected chi connectivity index (χ1v) is 19.3. The van der Waals surface area contributed by atoms with Crippen molar-refractivity contribution in [3.05, 3.63) is 52.0 Å². The number of aromatic nitrogens is 1.